The van der Waals surface area contributed by atoms with E-state index in [0.29, 0.717) is 23.1 Å². The van der Waals surface area contributed by atoms with Crippen LogP contribution >= 0.6 is 23.1 Å². The maximum atomic E-state index is 14.5. The molecule has 2 unspecified atom stereocenters. The van der Waals surface area contributed by atoms with Crippen molar-refractivity contribution in [1.82, 2.24) is 14.7 Å². The van der Waals surface area contributed by atoms with Crippen LogP contribution in [0.5, 0.6) is 0 Å². The smallest absolute Gasteiger partial charge is 0.282 e. The first-order valence-corrected chi connectivity index (χ1v) is 21.8. The van der Waals surface area contributed by atoms with Gasteiger partial charge < -0.3 is 14.5 Å². The Morgan fingerprint density at radius 2 is 1.77 bits per heavy atom. The van der Waals surface area contributed by atoms with Crippen molar-refractivity contribution in [3.05, 3.63) is 141 Å². The predicted molar refractivity (Wildman–Crippen MR) is 225 cm³/mol. The Morgan fingerprint density at radius 1 is 1.02 bits per heavy atom. The van der Waals surface area contributed by atoms with Gasteiger partial charge in [0.05, 0.1) is 15.9 Å². The molecule has 0 bridgehead atoms. The summed E-state index contributed by atoms with van der Waals surface area (Å²) in [7, 11) is 1.00. The standard InChI is InChI=1S/C42H47N5O6S3/c1-44(2)23-20-34(30-55-39-12-5-4-6-13-39)43-46(56(51,52)40-14-9-11-36(28-40)47(49)50)42(48)31-16-18-35(19-17-31)45-24-21-38(53-3)27-37(45)26-32-10-7-8-15-41(32)33-22-25-54-29-33/h4-19,22,25,28-29,34,37-38,43H,20-21,23-24,26-27,30H2,1-3H3/t34-,37?,38?/m1/s1. The van der Waals surface area contributed by atoms with Crippen LogP contribution in [0, 0.1) is 10.1 Å². The zero-order valence-electron chi connectivity index (χ0n) is 31.7. The third-order valence-corrected chi connectivity index (χ3v) is 13.4. The van der Waals surface area contributed by atoms with Crippen molar-refractivity contribution in [3.63, 3.8) is 0 Å². The van der Waals surface area contributed by atoms with Crippen LogP contribution in [-0.2, 0) is 21.2 Å². The Kier molecular flexibility index (Phi) is 14.0. The minimum absolute atomic E-state index is 0.113. The first-order valence-electron chi connectivity index (χ1n) is 18.5. The molecule has 294 valence electrons. The molecule has 5 aromatic rings. The molecule has 6 rings (SSSR count). The van der Waals surface area contributed by atoms with Crippen LogP contribution in [0.1, 0.15) is 35.2 Å². The first kappa shape index (κ1) is 41.1. The largest absolute Gasteiger partial charge is 0.381 e. The fourth-order valence-electron chi connectivity index (χ4n) is 6.90. The third kappa shape index (κ3) is 10.2. The van der Waals surface area contributed by atoms with Crippen LogP contribution < -0.4 is 10.3 Å². The molecule has 1 saturated heterocycles. The SMILES string of the molecule is COC1CCN(c2ccc(C(=O)N(N[C@H](CCN(C)C)CSc3ccccc3)S(=O)(=O)c3cccc([N+](=O)[O-])c3)cc2)C(Cc2ccccc2-c2ccsc2)C1. The molecule has 4 aromatic carbocycles. The Balaban J connectivity index is 1.30. The van der Waals surface area contributed by atoms with Crippen LogP contribution in [0.15, 0.2) is 130 Å². The number of carbonyl (C=O) groups excluding carboxylic acids is 1. The maximum Gasteiger partial charge on any atom is 0.282 e. The first-order chi connectivity index (χ1) is 27.0. The second-order valence-electron chi connectivity index (χ2n) is 14.0. The molecule has 0 saturated carbocycles. The number of anilines is 1. The molecule has 3 atom stereocenters. The number of hydrazine groups is 1. The van der Waals surface area contributed by atoms with E-state index in [0.717, 1.165) is 42.5 Å². The van der Waals surface area contributed by atoms with Gasteiger partial charge in [-0.2, -0.15) is 24.2 Å². The number of non-ortho nitro benzene ring substituents is 1. The van der Waals surface area contributed by atoms with E-state index in [-0.39, 0.29) is 22.6 Å². The number of hydrogen-bond acceptors (Lipinski definition) is 11. The van der Waals surface area contributed by atoms with Crippen molar-refractivity contribution in [3.8, 4) is 11.1 Å². The van der Waals surface area contributed by atoms with Crippen LogP contribution in [0.2, 0.25) is 0 Å². The highest BCUT2D eigenvalue weighted by molar-refractivity contribution is 7.99. The lowest BCUT2D eigenvalue weighted by Gasteiger charge is -2.41. The molecule has 1 aromatic heterocycles. The van der Waals surface area contributed by atoms with Crippen LogP contribution in [0.25, 0.3) is 11.1 Å². The lowest BCUT2D eigenvalue weighted by molar-refractivity contribution is -0.385. The summed E-state index contributed by atoms with van der Waals surface area (Å²) in [6.45, 7) is 1.37. The molecule has 1 aliphatic rings. The quantitative estimate of drug-likeness (QED) is 0.0561. The third-order valence-electron chi connectivity index (χ3n) is 9.92. The normalized spacial score (nSPS) is 16.5. The topological polar surface area (TPSA) is 125 Å². The number of piperidine rings is 1. The number of sulfonamides is 1. The molecule has 1 aliphatic heterocycles. The second-order valence-corrected chi connectivity index (χ2v) is 17.7. The van der Waals surface area contributed by atoms with Gasteiger partial charge in [-0.3, -0.25) is 14.9 Å². The summed E-state index contributed by atoms with van der Waals surface area (Å²) in [5, 5.41) is 15.9. The van der Waals surface area contributed by atoms with Crippen LogP contribution in [0.3, 0.4) is 0 Å². The molecule has 1 amide bonds. The number of thioether (sulfide) groups is 1. The summed E-state index contributed by atoms with van der Waals surface area (Å²) in [5.74, 6) is -0.332. The number of nitro groups is 1. The minimum atomic E-state index is -4.61. The maximum absolute atomic E-state index is 14.5. The van der Waals surface area contributed by atoms with Crippen molar-refractivity contribution in [1.29, 1.82) is 0 Å². The number of nitro benzene ring substituents is 1. The van der Waals surface area contributed by atoms with Gasteiger partial charge in [-0.15, -0.1) is 11.8 Å². The summed E-state index contributed by atoms with van der Waals surface area (Å²) in [6.07, 6.45) is 3.09. The van der Waals surface area contributed by atoms with Gasteiger partial charge >= 0.3 is 0 Å². The summed E-state index contributed by atoms with van der Waals surface area (Å²) in [4.78, 5) is 30.4. The van der Waals surface area contributed by atoms with Gasteiger partial charge in [0.1, 0.15) is 0 Å². The van der Waals surface area contributed by atoms with Gasteiger partial charge in [0.15, 0.2) is 0 Å². The monoisotopic (exact) mass is 813 g/mol. The lowest BCUT2D eigenvalue weighted by atomic mass is 9.90. The number of nitrogens with zero attached hydrogens (tertiary/aromatic N) is 4. The number of rotatable bonds is 17. The summed E-state index contributed by atoms with van der Waals surface area (Å²) in [6, 6.07) is 31.8. The van der Waals surface area contributed by atoms with Gasteiger partial charge in [0.2, 0.25) is 0 Å². The van der Waals surface area contributed by atoms with E-state index in [1.165, 1.54) is 34.9 Å². The summed E-state index contributed by atoms with van der Waals surface area (Å²) < 4.78 is 35.2. The zero-order valence-corrected chi connectivity index (χ0v) is 34.1. The van der Waals surface area contributed by atoms with Crippen LogP contribution in [0.4, 0.5) is 11.4 Å². The van der Waals surface area contributed by atoms with Crippen molar-refractivity contribution in [2.45, 2.75) is 53.7 Å². The van der Waals surface area contributed by atoms with E-state index in [1.54, 1.807) is 42.3 Å². The number of ether oxygens (including phenoxy) is 1. The highest BCUT2D eigenvalue weighted by Crippen LogP contribution is 2.33. The predicted octanol–water partition coefficient (Wildman–Crippen LogP) is 8.00. The highest BCUT2D eigenvalue weighted by Gasteiger charge is 2.34. The van der Waals surface area contributed by atoms with Gasteiger partial charge in [0.25, 0.3) is 21.6 Å². The van der Waals surface area contributed by atoms with E-state index in [2.05, 4.69) is 51.4 Å². The molecule has 0 spiro atoms. The van der Waals surface area contributed by atoms with Crippen molar-refractivity contribution in [2.24, 2.45) is 0 Å². The molecule has 1 fully saturated rings. The molecule has 2 heterocycles. The molecule has 1 N–H and O–H groups in total. The molecule has 56 heavy (non-hydrogen) atoms. The average molecular weight is 814 g/mol. The Bertz CT molecular complexity index is 2170. The number of nitrogens with one attached hydrogen (secondary N) is 1. The van der Waals surface area contributed by atoms with E-state index in [9.17, 15) is 23.3 Å². The number of thiophene rings is 1. The molecular weight excluding hydrogens is 767 g/mol. The van der Waals surface area contributed by atoms with Gasteiger partial charge in [-0.05, 0) is 122 Å². The molecular formula is C42H47N5O6S3. The molecule has 11 nitrogen and oxygen atoms in total. The van der Waals surface area contributed by atoms with Gasteiger partial charge in [0, 0.05) is 59.8 Å². The number of hydrogen-bond donors (Lipinski definition) is 1. The van der Waals surface area contributed by atoms with Crippen molar-refractivity contribution < 1.29 is 22.9 Å². The number of carbonyl (C=O) groups is 1. The Labute approximate surface area is 337 Å². The fraction of sp³-hybridized carbons (Fsp3) is 0.310. The van der Waals surface area contributed by atoms with Gasteiger partial charge in [-0.1, -0.05) is 48.5 Å². The number of benzene rings is 4. The van der Waals surface area contributed by atoms with E-state index >= 15 is 0 Å². The number of methoxy groups -OCH3 is 1. The van der Waals surface area contributed by atoms with Crippen molar-refractivity contribution in [2.75, 3.05) is 44.9 Å². The van der Waals surface area contributed by atoms with E-state index in [4.69, 9.17) is 4.74 Å². The highest BCUT2D eigenvalue weighted by atomic mass is 32.2. The molecule has 14 heteroatoms. The summed E-state index contributed by atoms with van der Waals surface area (Å²) in [5.41, 5.74) is 7.38. The zero-order chi connectivity index (χ0) is 39.7. The second kappa shape index (κ2) is 19.0. The minimum Gasteiger partial charge on any atom is -0.381 e. The van der Waals surface area contributed by atoms with Crippen LogP contribution in [-0.4, -0.2) is 86.8 Å². The Hall–Kier alpha value is -4.57. The Morgan fingerprint density at radius 3 is 2.46 bits per heavy atom. The van der Waals surface area contributed by atoms with E-state index < -0.39 is 32.6 Å². The van der Waals surface area contributed by atoms with Gasteiger partial charge in [-0.25, -0.2) is 5.43 Å². The molecule has 0 radical (unpaired) electrons. The van der Waals surface area contributed by atoms with Crippen molar-refractivity contribution >= 4 is 50.4 Å². The van der Waals surface area contributed by atoms with E-state index in [1.807, 2.05) is 61.5 Å². The molecule has 0 aliphatic carbocycles. The number of amides is 1. The fourth-order valence-corrected chi connectivity index (χ4v) is 9.89. The summed E-state index contributed by atoms with van der Waals surface area (Å²) >= 11 is 3.22. The lowest BCUT2D eigenvalue weighted by Crippen LogP contribution is -2.52. The average Bonchev–Trinajstić information content (AvgIpc) is 3.76.